The predicted molar refractivity (Wildman–Crippen MR) is 90.3 cm³/mol. The third-order valence-electron chi connectivity index (χ3n) is 4.44. The van der Waals surface area contributed by atoms with E-state index in [0.717, 1.165) is 37.0 Å². The summed E-state index contributed by atoms with van der Waals surface area (Å²) in [6.07, 6.45) is 5.30. The van der Waals surface area contributed by atoms with Crippen molar-refractivity contribution in [3.05, 3.63) is 46.5 Å². The molecule has 23 heavy (non-hydrogen) atoms. The van der Waals surface area contributed by atoms with Crippen molar-refractivity contribution in [1.82, 2.24) is 25.1 Å². The van der Waals surface area contributed by atoms with E-state index in [-0.39, 0.29) is 5.91 Å². The number of aromatic nitrogens is 4. The highest BCUT2D eigenvalue weighted by molar-refractivity contribution is 9.10. The molecule has 4 rings (SSSR count). The molecule has 2 N–H and O–H groups in total. The maximum absolute atomic E-state index is 12.5. The van der Waals surface area contributed by atoms with Gasteiger partial charge in [-0.2, -0.15) is 5.10 Å². The molecule has 0 spiro atoms. The molecule has 118 valence electrons. The van der Waals surface area contributed by atoms with E-state index >= 15 is 0 Å². The number of rotatable bonds is 2. The summed E-state index contributed by atoms with van der Waals surface area (Å²) in [5, 5.41) is 7.79. The first-order chi connectivity index (χ1) is 11.2. The Labute approximate surface area is 141 Å². The van der Waals surface area contributed by atoms with Crippen molar-refractivity contribution in [3.8, 4) is 0 Å². The molecular formula is C16H16BrN5O. The van der Waals surface area contributed by atoms with Crippen molar-refractivity contribution in [2.24, 2.45) is 0 Å². The number of piperidine rings is 1. The second-order valence-electron chi connectivity index (χ2n) is 5.83. The Morgan fingerprint density at radius 2 is 2.17 bits per heavy atom. The highest BCUT2D eigenvalue weighted by atomic mass is 79.9. The molecule has 0 aliphatic carbocycles. The SMILES string of the molecule is O=C(c1[nH]ncc1Br)N1CCC(c2cc3cccnc3[nH]2)CC1. The molecule has 0 bridgehead atoms. The standard InChI is InChI=1S/C16H16BrN5O/c17-12-9-19-21-14(12)16(23)22-6-3-10(4-7-22)13-8-11-2-1-5-18-15(11)20-13/h1-2,5,8-10H,3-4,6-7H2,(H,18,20)(H,19,21). The molecule has 3 aromatic heterocycles. The Kier molecular flexibility index (Phi) is 3.65. The van der Waals surface area contributed by atoms with Gasteiger partial charge in [0.2, 0.25) is 0 Å². The summed E-state index contributed by atoms with van der Waals surface area (Å²) < 4.78 is 0.714. The van der Waals surface area contributed by atoms with E-state index in [4.69, 9.17) is 0 Å². The van der Waals surface area contributed by atoms with E-state index in [2.05, 4.69) is 48.2 Å². The molecule has 0 atom stereocenters. The monoisotopic (exact) mass is 373 g/mol. The van der Waals surface area contributed by atoms with Gasteiger partial charge in [0.1, 0.15) is 11.3 Å². The molecule has 7 heteroatoms. The van der Waals surface area contributed by atoms with Gasteiger partial charge in [-0.1, -0.05) is 0 Å². The van der Waals surface area contributed by atoms with Gasteiger partial charge in [-0.05, 0) is 47.0 Å². The fourth-order valence-corrected chi connectivity index (χ4v) is 3.53. The van der Waals surface area contributed by atoms with Crippen LogP contribution in [0.2, 0.25) is 0 Å². The van der Waals surface area contributed by atoms with Gasteiger partial charge in [0.05, 0.1) is 10.7 Å². The van der Waals surface area contributed by atoms with Gasteiger partial charge in [0.25, 0.3) is 5.91 Å². The number of amides is 1. The third kappa shape index (κ3) is 2.65. The van der Waals surface area contributed by atoms with E-state index in [1.165, 1.54) is 5.69 Å². The number of fused-ring (bicyclic) bond motifs is 1. The molecule has 1 aliphatic rings. The minimum absolute atomic E-state index is 0.00568. The van der Waals surface area contributed by atoms with Gasteiger partial charge >= 0.3 is 0 Å². The van der Waals surface area contributed by atoms with Crippen LogP contribution in [0, 0.1) is 0 Å². The first kappa shape index (κ1) is 14.4. The zero-order chi connectivity index (χ0) is 15.8. The summed E-state index contributed by atoms with van der Waals surface area (Å²) in [4.78, 5) is 22.1. The highest BCUT2D eigenvalue weighted by Gasteiger charge is 2.27. The molecule has 0 unspecified atom stereocenters. The van der Waals surface area contributed by atoms with Crippen LogP contribution in [0.4, 0.5) is 0 Å². The van der Waals surface area contributed by atoms with Crippen molar-refractivity contribution in [2.45, 2.75) is 18.8 Å². The van der Waals surface area contributed by atoms with E-state index < -0.39 is 0 Å². The van der Waals surface area contributed by atoms with Crippen LogP contribution in [-0.2, 0) is 0 Å². The second kappa shape index (κ2) is 5.81. The summed E-state index contributed by atoms with van der Waals surface area (Å²) in [6.45, 7) is 1.50. The lowest BCUT2D eigenvalue weighted by Gasteiger charge is -2.31. The molecule has 1 saturated heterocycles. The van der Waals surface area contributed by atoms with Crippen LogP contribution in [0.25, 0.3) is 11.0 Å². The number of hydrogen-bond acceptors (Lipinski definition) is 3. The molecule has 1 fully saturated rings. The number of H-pyrrole nitrogens is 2. The topological polar surface area (TPSA) is 77.7 Å². The number of hydrogen-bond donors (Lipinski definition) is 2. The second-order valence-corrected chi connectivity index (χ2v) is 6.68. The van der Waals surface area contributed by atoms with Crippen LogP contribution in [-0.4, -0.2) is 44.1 Å². The maximum Gasteiger partial charge on any atom is 0.273 e. The Hall–Kier alpha value is -2.15. The minimum atomic E-state index is 0.00568. The van der Waals surface area contributed by atoms with Gasteiger partial charge in [-0.15, -0.1) is 0 Å². The third-order valence-corrected chi connectivity index (χ3v) is 5.04. The van der Waals surface area contributed by atoms with Gasteiger partial charge < -0.3 is 9.88 Å². The van der Waals surface area contributed by atoms with Crippen molar-refractivity contribution in [3.63, 3.8) is 0 Å². The van der Waals surface area contributed by atoms with Gasteiger partial charge in [-0.25, -0.2) is 4.98 Å². The van der Waals surface area contributed by atoms with Crippen molar-refractivity contribution < 1.29 is 4.79 Å². The van der Waals surface area contributed by atoms with Gasteiger partial charge in [-0.3, -0.25) is 9.89 Å². The van der Waals surface area contributed by atoms with Crippen molar-refractivity contribution in [1.29, 1.82) is 0 Å². The number of aromatic amines is 2. The lowest BCUT2D eigenvalue weighted by Crippen LogP contribution is -2.38. The average molecular weight is 374 g/mol. The normalized spacial score (nSPS) is 16.1. The zero-order valence-electron chi connectivity index (χ0n) is 12.4. The fraction of sp³-hybridized carbons (Fsp3) is 0.312. The molecule has 1 amide bonds. The Balaban J connectivity index is 1.46. The number of likely N-dealkylation sites (tertiary alicyclic amines) is 1. The van der Waals surface area contributed by atoms with Crippen LogP contribution in [0.3, 0.4) is 0 Å². The van der Waals surface area contributed by atoms with Crippen molar-refractivity contribution >= 4 is 32.9 Å². The Morgan fingerprint density at radius 1 is 1.35 bits per heavy atom. The van der Waals surface area contributed by atoms with Crippen LogP contribution >= 0.6 is 15.9 Å². The molecule has 6 nitrogen and oxygen atoms in total. The highest BCUT2D eigenvalue weighted by Crippen LogP contribution is 2.30. The summed E-state index contributed by atoms with van der Waals surface area (Å²) in [7, 11) is 0. The molecule has 0 aromatic carbocycles. The molecular weight excluding hydrogens is 358 g/mol. The molecule has 0 saturated carbocycles. The van der Waals surface area contributed by atoms with E-state index in [9.17, 15) is 4.79 Å². The molecule has 3 aromatic rings. The molecule has 4 heterocycles. The number of carbonyl (C=O) groups is 1. The van der Waals surface area contributed by atoms with Crippen LogP contribution in [0.1, 0.15) is 34.9 Å². The van der Waals surface area contributed by atoms with E-state index in [1.807, 2.05) is 11.0 Å². The minimum Gasteiger partial charge on any atom is -0.343 e. The summed E-state index contributed by atoms with van der Waals surface area (Å²) in [5.41, 5.74) is 2.68. The maximum atomic E-state index is 12.5. The zero-order valence-corrected chi connectivity index (χ0v) is 14.0. The predicted octanol–water partition coefficient (Wildman–Crippen LogP) is 3.07. The van der Waals surface area contributed by atoms with E-state index in [0.29, 0.717) is 16.1 Å². The summed E-state index contributed by atoms with van der Waals surface area (Å²) in [6, 6.07) is 6.19. The largest absolute Gasteiger partial charge is 0.343 e. The lowest BCUT2D eigenvalue weighted by molar-refractivity contribution is 0.0705. The Morgan fingerprint density at radius 3 is 2.87 bits per heavy atom. The first-order valence-corrected chi connectivity index (χ1v) is 8.43. The summed E-state index contributed by atoms with van der Waals surface area (Å²) >= 11 is 3.35. The first-order valence-electron chi connectivity index (χ1n) is 7.64. The number of halogens is 1. The molecule has 1 aliphatic heterocycles. The average Bonchev–Trinajstić information content (AvgIpc) is 3.20. The molecule has 0 radical (unpaired) electrons. The number of carbonyl (C=O) groups excluding carboxylic acids is 1. The smallest absolute Gasteiger partial charge is 0.273 e. The Bertz CT molecular complexity index is 814. The van der Waals surface area contributed by atoms with Gasteiger partial charge in [0.15, 0.2) is 0 Å². The number of pyridine rings is 1. The fourth-order valence-electron chi connectivity index (χ4n) is 3.17. The summed E-state index contributed by atoms with van der Waals surface area (Å²) in [5.74, 6) is 0.449. The van der Waals surface area contributed by atoms with Crippen LogP contribution < -0.4 is 0 Å². The lowest BCUT2D eigenvalue weighted by atomic mass is 9.93. The van der Waals surface area contributed by atoms with Crippen molar-refractivity contribution in [2.75, 3.05) is 13.1 Å². The van der Waals surface area contributed by atoms with Crippen LogP contribution in [0.15, 0.2) is 35.1 Å². The van der Waals surface area contributed by atoms with Crippen LogP contribution in [0.5, 0.6) is 0 Å². The van der Waals surface area contributed by atoms with Gasteiger partial charge in [0, 0.05) is 36.3 Å². The quantitative estimate of drug-likeness (QED) is 0.724. The number of nitrogens with one attached hydrogen (secondary N) is 2. The number of nitrogens with zero attached hydrogens (tertiary/aromatic N) is 3. The van der Waals surface area contributed by atoms with E-state index in [1.54, 1.807) is 12.4 Å².